The van der Waals surface area contributed by atoms with E-state index >= 15 is 0 Å². The molecule has 0 N–H and O–H groups in total. The molecule has 4 aromatic heterocycles. The Bertz CT molecular complexity index is 2410. The van der Waals surface area contributed by atoms with Gasteiger partial charge in [-0.2, -0.15) is 0 Å². The molecule has 354 valence electrons. The van der Waals surface area contributed by atoms with Gasteiger partial charge in [0.05, 0.1) is 44.1 Å². The fraction of sp³-hybridized carbons (Fsp3) is 0.519. The van der Waals surface area contributed by atoms with Gasteiger partial charge in [-0.25, -0.2) is 4.98 Å². The summed E-state index contributed by atoms with van der Waals surface area (Å²) in [4.78, 5) is 42.3. The normalized spacial score (nSPS) is 14.7. The van der Waals surface area contributed by atoms with Crippen molar-refractivity contribution in [2.24, 2.45) is 14.1 Å². The number of unbranched alkanes of at least 4 members (excludes halogenated alkanes) is 3. The Kier molecular flexibility index (Phi) is 20.9. The molecule has 0 spiro atoms. The smallest absolute Gasteiger partial charge is 0.152 e. The van der Waals surface area contributed by atoms with Crippen molar-refractivity contribution < 1.29 is 9.59 Å². The Morgan fingerprint density at radius 2 is 1.14 bits per heavy atom. The zero-order chi connectivity index (χ0) is 46.7. The van der Waals surface area contributed by atoms with E-state index in [2.05, 4.69) is 109 Å². The summed E-state index contributed by atoms with van der Waals surface area (Å²) in [6.07, 6.45) is 26.0. The summed E-state index contributed by atoms with van der Waals surface area (Å²) < 4.78 is 11.5. The maximum atomic E-state index is 12.4. The van der Waals surface area contributed by atoms with E-state index in [-0.39, 0.29) is 11.6 Å². The second-order valence-corrected chi connectivity index (χ2v) is 32.8. The number of nitrogens with zero attached hydrogens (tertiary/aromatic N) is 8. The number of carbonyl (C=O) groups is 2. The van der Waals surface area contributed by atoms with Gasteiger partial charge in [-0.05, 0) is 93.0 Å². The van der Waals surface area contributed by atoms with Crippen molar-refractivity contribution in [1.29, 1.82) is 0 Å². The van der Waals surface area contributed by atoms with Crippen LogP contribution < -0.4 is 3.71 Å². The second kappa shape index (κ2) is 26.7. The first-order valence-corrected chi connectivity index (χ1v) is 33.2. The summed E-state index contributed by atoms with van der Waals surface area (Å²) in [6.45, 7) is 12.3. The Balaban J connectivity index is 0.000000166. The van der Waals surface area contributed by atoms with Crippen LogP contribution in [-0.2, 0) is 36.5 Å². The minimum atomic E-state index is -2.19. The maximum absolute atomic E-state index is 12.4. The Morgan fingerprint density at radius 1 is 0.621 bits per heavy atom. The van der Waals surface area contributed by atoms with Crippen LogP contribution in [0.2, 0.25) is 13.3 Å². The van der Waals surface area contributed by atoms with Gasteiger partial charge in [0.2, 0.25) is 0 Å². The first kappa shape index (κ1) is 51.6. The van der Waals surface area contributed by atoms with Gasteiger partial charge in [0.25, 0.3) is 0 Å². The molecule has 66 heavy (non-hydrogen) atoms. The fourth-order valence-electron chi connectivity index (χ4n) is 9.78. The molecule has 2 aromatic carbocycles. The minimum Gasteiger partial charge on any atom is -0.334 e. The van der Waals surface area contributed by atoms with E-state index in [1.807, 2.05) is 60.7 Å². The molecule has 8 rings (SSSR count). The van der Waals surface area contributed by atoms with Crippen molar-refractivity contribution in [2.45, 2.75) is 124 Å². The Morgan fingerprint density at radius 3 is 1.61 bits per heavy atom. The van der Waals surface area contributed by atoms with Crippen LogP contribution in [0.25, 0.3) is 32.8 Å². The number of imidazole rings is 1. The molecule has 2 saturated heterocycles. The number of halogens is 1. The van der Waals surface area contributed by atoms with Gasteiger partial charge in [-0.15, -0.1) is 0 Å². The van der Waals surface area contributed by atoms with Crippen LogP contribution in [0.3, 0.4) is 0 Å². The first-order chi connectivity index (χ1) is 32.1. The molecule has 6 heterocycles. The number of Topliss-reactive ketones (excluding diaryl/α,β-unsaturated/α-hetero) is 2. The third-order valence-electron chi connectivity index (χ3n) is 13.5. The summed E-state index contributed by atoms with van der Waals surface area (Å²) in [5.74, 6) is 0.514. The molecule has 0 saturated carbocycles. The molecule has 2 aliphatic rings. The number of aryl methyl sites for hydroxylation is 2. The van der Waals surface area contributed by atoms with Gasteiger partial charge in [0.1, 0.15) is 0 Å². The number of benzene rings is 2. The number of aromatic nitrogens is 6. The molecule has 2 aliphatic heterocycles. The van der Waals surface area contributed by atoms with E-state index < -0.39 is 18.4 Å². The van der Waals surface area contributed by atoms with E-state index in [0.29, 0.717) is 25.9 Å². The van der Waals surface area contributed by atoms with E-state index in [4.69, 9.17) is 0 Å². The predicted molar refractivity (Wildman–Crippen MR) is 279 cm³/mol. The average molecular weight is 1070 g/mol. The monoisotopic (exact) mass is 1070 g/mol. The predicted octanol–water partition coefficient (Wildman–Crippen LogP) is 11.3. The van der Waals surface area contributed by atoms with Crippen LogP contribution in [0.4, 0.5) is 0 Å². The van der Waals surface area contributed by atoms with Gasteiger partial charge >= 0.3 is 124 Å². The minimum absolute atomic E-state index is 0.251. The van der Waals surface area contributed by atoms with Gasteiger partial charge < -0.3 is 4.57 Å². The number of ketones is 2. The number of hydrogen-bond acceptors (Lipinski definition) is 8. The summed E-state index contributed by atoms with van der Waals surface area (Å²) >= 11 is 1.29. The summed E-state index contributed by atoms with van der Waals surface area (Å²) in [6, 6.07) is 18.8. The molecule has 0 bridgehead atoms. The molecule has 0 radical (unpaired) electrons. The zero-order valence-electron chi connectivity index (χ0n) is 40.6. The maximum Gasteiger partial charge on any atom is 0.152 e. The van der Waals surface area contributed by atoms with Crippen LogP contribution in [-0.4, -0.2) is 108 Å². The Labute approximate surface area is 407 Å². The second-order valence-electron chi connectivity index (χ2n) is 18.8. The van der Waals surface area contributed by atoms with E-state index in [9.17, 15) is 9.59 Å². The zero-order valence-corrected chi connectivity index (χ0v) is 45.1. The van der Waals surface area contributed by atoms with Crippen LogP contribution in [0, 0.1) is 0 Å². The van der Waals surface area contributed by atoms with Crippen molar-refractivity contribution in [2.75, 3.05) is 39.3 Å². The summed E-state index contributed by atoms with van der Waals surface area (Å²) in [5.41, 5.74) is 3.91. The SMILES string of the molecule is CCC[CH2][Sn]([CH2]CCC)([CH2]CCC)[c]1ccnn1C.Cn1cncc1-c1ccc2cnc(CC(=O)CN3CCCCC3)cc2c1.O=C(Cc1cc2cc(Br)ccc2cn1)CN1CCCCC1. The third kappa shape index (κ3) is 15.4. The van der Waals surface area contributed by atoms with Crippen LogP contribution in [0.1, 0.15) is 109 Å². The molecule has 0 unspecified atom stereocenters. The standard InChI is InChI=1S/C21H24N4O.C17H19BrN2O.C4H5N2.3C4H9.Sn/c1-24-15-22-13-21(24)16-5-6-17-12-23-19(10-18(17)9-16)11-20(26)14-25-7-3-2-4-8-25;18-15-5-4-13-11-19-16(9-14(13)8-15)10-17(21)12-20-6-2-1-3-7-20;1-6-4-2-3-5-6;3*1-3-4-2;/h5-6,9-10,12-13,15H,2-4,7-8,11,14H2,1H3;4-5,8-9,11H,1-3,6-7,10,12H2;2-3H,1H3;3*1,3-4H2,2H3;. The van der Waals surface area contributed by atoms with Crippen LogP contribution in [0.15, 0.2) is 90.2 Å². The van der Waals surface area contributed by atoms with Gasteiger partial charge in [0, 0.05) is 51.6 Å². The van der Waals surface area contributed by atoms with Gasteiger partial charge in [0.15, 0.2) is 11.6 Å². The molecule has 10 nitrogen and oxygen atoms in total. The molecule has 0 atom stereocenters. The van der Waals surface area contributed by atoms with E-state index in [1.165, 1.54) is 90.4 Å². The number of carbonyl (C=O) groups excluding carboxylic acids is 2. The largest absolute Gasteiger partial charge is 0.334 e. The quantitative estimate of drug-likeness (QED) is 0.0739. The Hall–Kier alpha value is -3.78. The molecular weight excluding hydrogens is 991 g/mol. The topological polar surface area (TPSA) is 102 Å². The molecule has 2 fully saturated rings. The molecular formula is C54H75BrN8O2Sn. The molecule has 0 aliphatic carbocycles. The third-order valence-corrected chi connectivity index (χ3v) is 29.7. The average Bonchev–Trinajstić information content (AvgIpc) is 3.97. The number of hydrogen-bond donors (Lipinski definition) is 0. The van der Waals surface area contributed by atoms with Crippen molar-refractivity contribution in [1.82, 2.24) is 39.1 Å². The fourth-order valence-corrected chi connectivity index (χ4v) is 26.7. The van der Waals surface area contributed by atoms with Crippen LogP contribution >= 0.6 is 15.9 Å². The number of pyridine rings is 2. The number of rotatable bonds is 19. The van der Waals surface area contributed by atoms with Crippen LogP contribution in [0.5, 0.6) is 0 Å². The number of fused-ring (bicyclic) bond motifs is 2. The van der Waals surface area contributed by atoms with Crippen molar-refractivity contribution in [3.05, 3.63) is 102 Å². The number of piperidine rings is 2. The molecule has 6 aromatic rings. The van der Waals surface area contributed by atoms with Gasteiger partial charge in [-0.3, -0.25) is 29.4 Å². The van der Waals surface area contributed by atoms with Crippen molar-refractivity contribution in [3.63, 3.8) is 0 Å². The summed E-state index contributed by atoms with van der Waals surface area (Å²) in [5, 5.41) is 8.90. The van der Waals surface area contributed by atoms with Gasteiger partial charge in [-0.1, -0.05) is 47.0 Å². The van der Waals surface area contributed by atoms with E-state index in [0.717, 1.165) is 74.8 Å². The first-order valence-electron chi connectivity index (χ1n) is 25.0. The number of likely N-dealkylation sites (tertiary alicyclic amines) is 2. The summed E-state index contributed by atoms with van der Waals surface area (Å²) in [7, 11) is 4.15. The van der Waals surface area contributed by atoms with Crippen molar-refractivity contribution >= 4 is 71.1 Å². The molecule has 12 heteroatoms. The van der Waals surface area contributed by atoms with E-state index in [1.54, 1.807) is 10.0 Å². The molecule has 0 amide bonds. The van der Waals surface area contributed by atoms with Crippen molar-refractivity contribution in [3.8, 4) is 11.3 Å².